The van der Waals surface area contributed by atoms with E-state index < -0.39 is 6.10 Å². The molecule has 0 aliphatic carbocycles. The third kappa shape index (κ3) is 4.74. The quantitative estimate of drug-likeness (QED) is 0.763. The van der Waals surface area contributed by atoms with Gasteiger partial charge in [-0.2, -0.15) is 0 Å². The lowest BCUT2D eigenvalue weighted by Gasteiger charge is -2.17. The molecule has 1 N–H and O–H groups in total. The Morgan fingerprint density at radius 2 is 1.95 bits per heavy atom. The first kappa shape index (κ1) is 15.8. The molecule has 0 saturated heterocycles. The highest BCUT2D eigenvalue weighted by Crippen LogP contribution is 2.17. The Morgan fingerprint density at radius 1 is 1.24 bits per heavy atom. The first-order valence-electron chi connectivity index (χ1n) is 6.88. The van der Waals surface area contributed by atoms with Crippen LogP contribution >= 0.6 is 22.6 Å². The van der Waals surface area contributed by atoms with Gasteiger partial charge in [-0.3, -0.25) is 4.79 Å². The normalized spacial score (nSPS) is 11.8. The van der Waals surface area contributed by atoms with E-state index in [1.165, 1.54) is 0 Å². The van der Waals surface area contributed by atoms with E-state index in [2.05, 4.69) is 27.9 Å². The summed E-state index contributed by atoms with van der Waals surface area (Å²) in [6, 6.07) is 15.4. The lowest BCUT2D eigenvalue weighted by Crippen LogP contribution is -2.32. The molecule has 4 heteroatoms. The fourth-order valence-electron chi connectivity index (χ4n) is 1.93. The van der Waals surface area contributed by atoms with E-state index in [1.54, 1.807) is 0 Å². The number of anilines is 1. The van der Waals surface area contributed by atoms with Crippen LogP contribution in [0, 0.1) is 10.5 Å². The Labute approximate surface area is 138 Å². The van der Waals surface area contributed by atoms with Crippen LogP contribution in [0.25, 0.3) is 0 Å². The van der Waals surface area contributed by atoms with Gasteiger partial charge < -0.3 is 10.1 Å². The average molecular weight is 395 g/mol. The number of hydrogen-bond donors (Lipinski definition) is 1. The van der Waals surface area contributed by atoms with Crippen LogP contribution in [0.2, 0.25) is 0 Å². The van der Waals surface area contributed by atoms with Crippen molar-refractivity contribution in [3.8, 4) is 5.75 Å². The Hall–Kier alpha value is -1.56. The Balaban J connectivity index is 2.03. The minimum atomic E-state index is -0.494. The summed E-state index contributed by atoms with van der Waals surface area (Å²) in [5.41, 5.74) is 1.90. The van der Waals surface area contributed by atoms with Crippen LogP contribution in [0.4, 0.5) is 5.69 Å². The van der Waals surface area contributed by atoms with E-state index >= 15 is 0 Å². The Kier molecular flexibility index (Phi) is 5.61. The van der Waals surface area contributed by atoms with Gasteiger partial charge >= 0.3 is 0 Å². The van der Waals surface area contributed by atoms with Crippen molar-refractivity contribution in [3.05, 3.63) is 57.7 Å². The Morgan fingerprint density at radius 3 is 2.57 bits per heavy atom. The van der Waals surface area contributed by atoms with Crippen molar-refractivity contribution < 1.29 is 9.53 Å². The highest BCUT2D eigenvalue weighted by Gasteiger charge is 2.18. The molecule has 0 aliphatic heterocycles. The topological polar surface area (TPSA) is 38.3 Å². The predicted octanol–water partition coefficient (Wildman–Crippen LogP) is 4.40. The molecule has 0 saturated carbocycles. The molecule has 110 valence electrons. The number of carbonyl (C=O) groups is 1. The molecule has 0 bridgehead atoms. The zero-order chi connectivity index (χ0) is 15.2. The zero-order valence-corrected chi connectivity index (χ0v) is 14.3. The monoisotopic (exact) mass is 395 g/mol. The minimum Gasteiger partial charge on any atom is -0.481 e. The number of halogens is 1. The van der Waals surface area contributed by atoms with Crippen LogP contribution in [0.5, 0.6) is 5.75 Å². The molecular weight excluding hydrogens is 377 g/mol. The van der Waals surface area contributed by atoms with E-state index in [4.69, 9.17) is 4.74 Å². The summed E-state index contributed by atoms with van der Waals surface area (Å²) in [4.78, 5) is 12.3. The van der Waals surface area contributed by atoms with Crippen LogP contribution in [0.15, 0.2) is 48.5 Å². The molecule has 1 atom stereocenters. The van der Waals surface area contributed by atoms with Crippen molar-refractivity contribution in [2.75, 3.05) is 5.32 Å². The summed E-state index contributed by atoms with van der Waals surface area (Å²) in [5.74, 6) is 0.597. The molecule has 0 aromatic heterocycles. The smallest absolute Gasteiger partial charge is 0.265 e. The molecule has 21 heavy (non-hydrogen) atoms. The van der Waals surface area contributed by atoms with Gasteiger partial charge in [-0.25, -0.2) is 0 Å². The van der Waals surface area contributed by atoms with Gasteiger partial charge in [0.15, 0.2) is 6.10 Å². The zero-order valence-electron chi connectivity index (χ0n) is 12.1. The van der Waals surface area contributed by atoms with Crippen molar-refractivity contribution in [2.45, 2.75) is 26.4 Å². The molecule has 2 aromatic rings. The molecule has 0 spiro atoms. The van der Waals surface area contributed by atoms with Crippen molar-refractivity contribution in [2.24, 2.45) is 0 Å². The predicted molar refractivity (Wildman–Crippen MR) is 93.7 cm³/mol. The second-order valence-electron chi connectivity index (χ2n) is 4.83. The maximum atomic E-state index is 12.3. The summed E-state index contributed by atoms with van der Waals surface area (Å²) < 4.78 is 6.92. The van der Waals surface area contributed by atoms with Crippen molar-refractivity contribution in [3.63, 3.8) is 0 Å². The largest absolute Gasteiger partial charge is 0.481 e. The third-order valence-corrected chi connectivity index (χ3v) is 3.76. The van der Waals surface area contributed by atoms with E-state index in [9.17, 15) is 4.79 Å². The molecule has 1 amide bonds. The summed E-state index contributed by atoms with van der Waals surface area (Å²) in [7, 11) is 0. The highest BCUT2D eigenvalue weighted by atomic mass is 127. The highest BCUT2D eigenvalue weighted by molar-refractivity contribution is 14.1. The number of hydrogen-bond acceptors (Lipinski definition) is 2. The minimum absolute atomic E-state index is 0.125. The van der Waals surface area contributed by atoms with Crippen LogP contribution in [0.3, 0.4) is 0 Å². The van der Waals surface area contributed by atoms with Gasteiger partial charge in [-0.1, -0.05) is 19.1 Å². The summed E-state index contributed by atoms with van der Waals surface area (Å²) >= 11 is 2.23. The summed E-state index contributed by atoms with van der Waals surface area (Å²) in [6.07, 6.45) is 0.121. The van der Waals surface area contributed by atoms with Crippen LogP contribution in [-0.4, -0.2) is 12.0 Å². The number of aryl methyl sites for hydroxylation is 1. The maximum Gasteiger partial charge on any atom is 0.265 e. The van der Waals surface area contributed by atoms with Gasteiger partial charge in [0.05, 0.1) is 0 Å². The second kappa shape index (κ2) is 7.45. The lowest BCUT2D eigenvalue weighted by molar-refractivity contribution is -0.122. The van der Waals surface area contributed by atoms with Gasteiger partial charge in [0.2, 0.25) is 0 Å². The fraction of sp³-hybridized carbons (Fsp3) is 0.235. The maximum absolute atomic E-state index is 12.3. The molecule has 2 aromatic carbocycles. The van der Waals surface area contributed by atoms with Crippen LogP contribution < -0.4 is 10.1 Å². The van der Waals surface area contributed by atoms with E-state index in [1.807, 2.05) is 62.4 Å². The first-order valence-corrected chi connectivity index (χ1v) is 7.96. The van der Waals surface area contributed by atoms with Gasteiger partial charge in [-0.15, -0.1) is 0 Å². The van der Waals surface area contributed by atoms with Gasteiger partial charge in [0.25, 0.3) is 5.91 Å². The van der Waals surface area contributed by atoms with E-state index in [0.717, 1.165) is 20.6 Å². The fourth-order valence-corrected chi connectivity index (χ4v) is 2.29. The van der Waals surface area contributed by atoms with Gasteiger partial charge in [-0.05, 0) is 77.9 Å². The van der Waals surface area contributed by atoms with Crippen molar-refractivity contribution in [1.29, 1.82) is 0 Å². The third-order valence-electron chi connectivity index (χ3n) is 3.04. The number of carbonyl (C=O) groups excluding carboxylic acids is 1. The second-order valence-corrected chi connectivity index (χ2v) is 6.07. The molecule has 0 aliphatic rings. The van der Waals surface area contributed by atoms with Gasteiger partial charge in [0.1, 0.15) is 5.75 Å². The molecular formula is C17H18INO2. The van der Waals surface area contributed by atoms with Crippen molar-refractivity contribution >= 4 is 34.2 Å². The molecule has 0 heterocycles. The summed E-state index contributed by atoms with van der Waals surface area (Å²) in [6.45, 7) is 3.94. The first-order chi connectivity index (χ1) is 10.1. The van der Waals surface area contributed by atoms with Gasteiger partial charge in [0, 0.05) is 9.26 Å². The van der Waals surface area contributed by atoms with Crippen LogP contribution in [0.1, 0.15) is 18.9 Å². The summed E-state index contributed by atoms with van der Waals surface area (Å²) in [5, 5.41) is 2.89. The van der Waals surface area contributed by atoms with Crippen LogP contribution in [-0.2, 0) is 4.79 Å². The lowest BCUT2D eigenvalue weighted by atomic mass is 10.2. The average Bonchev–Trinajstić information content (AvgIpc) is 2.47. The number of rotatable bonds is 5. The molecule has 0 radical (unpaired) electrons. The standard InChI is InChI=1S/C17H18INO2/c1-3-16(21-15-6-4-5-12(2)11-15)17(20)19-14-9-7-13(18)8-10-14/h4-11,16H,3H2,1-2H3,(H,19,20)/t16-/m1/s1. The van der Waals surface area contributed by atoms with E-state index in [-0.39, 0.29) is 5.91 Å². The molecule has 0 unspecified atom stereocenters. The molecule has 3 nitrogen and oxygen atoms in total. The van der Waals surface area contributed by atoms with E-state index in [0.29, 0.717) is 6.42 Å². The Bertz CT molecular complexity index is 610. The number of ether oxygens (including phenoxy) is 1. The molecule has 0 fully saturated rings. The SMILES string of the molecule is CC[C@@H](Oc1cccc(C)c1)C(=O)Nc1ccc(I)cc1. The number of benzene rings is 2. The van der Waals surface area contributed by atoms with Crippen molar-refractivity contribution in [1.82, 2.24) is 0 Å². The molecule has 2 rings (SSSR count). The number of nitrogens with one attached hydrogen (secondary N) is 1. The number of amides is 1.